The summed E-state index contributed by atoms with van der Waals surface area (Å²) in [4.78, 5) is 12.5. The van der Waals surface area contributed by atoms with Crippen molar-refractivity contribution in [3.05, 3.63) is 28.3 Å². The molecule has 4 nitrogen and oxygen atoms in total. The van der Waals surface area contributed by atoms with Crippen LogP contribution in [0.25, 0.3) is 0 Å². The molecular formula is C17H25ClN2O2. The first-order chi connectivity index (χ1) is 10.1. The van der Waals surface area contributed by atoms with Gasteiger partial charge < -0.3 is 28.2 Å². The van der Waals surface area contributed by atoms with Crippen LogP contribution in [0.2, 0.25) is 0 Å². The van der Waals surface area contributed by atoms with E-state index in [9.17, 15) is 4.79 Å². The van der Waals surface area contributed by atoms with E-state index in [1.165, 1.54) is 16.7 Å². The fourth-order valence-electron chi connectivity index (χ4n) is 3.01. The van der Waals surface area contributed by atoms with Crippen LogP contribution in [0.4, 0.5) is 0 Å². The van der Waals surface area contributed by atoms with Crippen LogP contribution in [0.1, 0.15) is 53.2 Å². The Morgan fingerprint density at radius 2 is 2.09 bits per heavy atom. The smallest absolute Gasteiger partial charge is 0.251 e. The van der Waals surface area contributed by atoms with Crippen LogP contribution in [0.3, 0.4) is 0 Å². The second-order valence-electron chi connectivity index (χ2n) is 6.52. The molecule has 1 fully saturated rings. The third-order valence-corrected chi connectivity index (χ3v) is 4.32. The number of carbonyl (C=O) groups excluding carboxylic acids is 1. The largest absolute Gasteiger partial charge is 1.00 e. The monoisotopic (exact) mass is 324 g/mol. The molecule has 0 unspecified atom stereocenters. The lowest BCUT2D eigenvalue weighted by Crippen LogP contribution is -3.00. The molecule has 0 spiro atoms. The molecule has 0 radical (unpaired) electrons. The standard InChI is InChI=1S/C17H24N2O2.ClH/c1-10(18)9-21-16-8-15(17(20)19-12-6-7-12)14-5-3-4-13(14)11(16)2;/h8,10,12H,3-7,9,18H2,1-2H3,(H,19,20);1H/t10-;/m0./s1. The molecule has 2 aliphatic rings. The van der Waals surface area contributed by atoms with Crippen LogP contribution >= 0.6 is 0 Å². The summed E-state index contributed by atoms with van der Waals surface area (Å²) in [6.07, 6.45) is 5.43. The van der Waals surface area contributed by atoms with Gasteiger partial charge in [0.05, 0.1) is 0 Å². The average Bonchev–Trinajstić information content (AvgIpc) is 3.11. The predicted molar refractivity (Wildman–Crippen MR) is 81.5 cm³/mol. The lowest BCUT2D eigenvalue weighted by molar-refractivity contribution is -0.417. The molecule has 1 saturated carbocycles. The Kier molecular flexibility index (Phi) is 5.35. The molecule has 1 amide bonds. The number of ether oxygens (including phenoxy) is 1. The molecule has 1 aromatic carbocycles. The topological polar surface area (TPSA) is 66.0 Å². The van der Waals surface area contributed by atoms with Gasteiger partial charge in [0.15, 0.2) is 0 Å². The van der Waals surface area contributed by atoms with Crippen molar-refractivity contribution >= 4 is 5.91 Å². The lowest BCUT2D eigenvalue weighted by Gasteiger charge is -2.17. The molecule has 0 aromatic heterocycles. The first kappa shape index (κ1) is 17.1. The van der Waals surface area contributed by atoms with Gasteiger partial charge in [0.2, 0.25) is 0 Å². The predicted octanol–water partition coefficient (Wildman–Crippen LogP) is -1.61. The van der Waals surface area contributed by atoms with Crippen LogP contribution in [-0.2, 0) is 12.8 Å². The summed E-state index contributed by atoms with van der Waals surface area (Å²) >= 11 is 0. The maximum absolute atomic E-state index is 12.5. The molecule has 0 heterocycles. The number of hydrogen-bond donors (Lipinski definition) is 2. The minimum absolute atomic E-state index is 0. The van der Waals surface area contributed by atoms with Crippen molar-refractivity contribution in [3.63, 3.8) is 0 Å². The highest BCUT2D eigenvalue weighted by Crippen LogP contribution is 2.35. The van der Waals surface area contributed by atoms with Crippen LogP contribution in [-0.4, -0.2) is 24.6 Å². The van der Waals surface area contributed by atoms with Gasteiger partial charge in [0, 0.05) is 11.6 Å². The SMILES string of the molecule is Cc1c(OC[C@H](C)[NH3+])cc(C(=O)NC2CC2)c2c1CCC2.[Cl-]. The number of halogens is 1. The molecule has 0 bridgehead atoms. The van der Waals surface area contributed by atoms with E-state index in [2.05, 4.69) is 18.0 Å². The third-order valence-electron chi connectivity index (χ3n) is 4.32. The fourth-order valence-corrected chi connectivity index (χ4v) is 3.01. The van der Waals surface area contributed by atoms with Crippen molar-refractivity contribution in [1.82, 2.24) is 5.32 Å². The van der Waals surface area contributed by atoms with Crippen molar-refractivity contribution < 1.29 is 27.7 Å². The lowest BCUT2D eigenvalue weighted by atomic mass is 9.97. The summed E-state index contributed by atoms with van der Waals surface area (Å²) < 4.78 is 5.89. The number of quaternary nitrogens is 1. The van der Waals surface area contributed by atoms with Gasteiger partial charge in [-0.15, -0.1) is 0 Å². The molecular weight excluding hydrogens is 300 g/mol. The molecule has 1 aromatic rings. The fraction of sp³-hybridized carbons (Fsp3) is 0.588. The Labute approximate surface area is 138 Å². The summed E-state index contributed by atoms with van der Waals surface area (Å²) in [5.41, 5.74) is 8.54. The summed E-state index contributed by atoms with van der Waals surface area (Å²) in [6, 6.07) is 2.57. The van der Waals surface area contributed by atoms with E-state index in [-0.39, 0.29) is 24.4 Å². The van der Waals surface area contributed by atoms with Gasteiger partial charge >= 0.3 is 0 Å². The summed E-state index contributed by atoms with van der Waals surface area (Å²) in [5, 5.41) is 3.10. The number of nitrogens with one attached hydrogen (secondary N) is 1. The minimum Gasteiger partial charge on any atom is -1.00 e. The first-order valence-corrected chi connectivity index (χ1v) is 7.98. The Morgan fingerprint density at radius 1 is 1.41 bits per heavy atom. The second kappa shape index (κ2) is 6.88. The van der Waals surface area contributed by atoms with Crippen LogP contribution in [0, 0.1) is 6.92 Å². The van der Waals surface area contributed by atoms with Crippen LogP contribution in [0.5, 0.6) is 5.75 Å². The van der Waals surface area contributed by atoms with Crippen molar-refractivity contribution in [1.29, 1.82) is 0 Å². The zero-order chi connectivity index (χ0) is 15.0. The molecule has 1 atom stereocenters. The maximum atomic E-state index is 12.5. The number of fused-ring (bicyclic) bond motifs is 1. The molecule has 3 rings (SSSR count). The van der Waals surface area contributed by atoms with E-state index in [1.807, 2.05) is 13.0 Å². The van der Waals surface area contributed by atoms with Crippen molar-refractivity contribution in [2.45, 2.75) is 58.0 Å². The van der Waals surface area contributed by atoms with Gasteiger partial charge in [-0.25, -0.2) is 0 Å². The Morgan fingerprint density at radius 3 is 2.73 bits per heavy atom. The van der Waals surface area contributed by atoms with Crippen LogP contribution < -0.4 is 28.2 Å². The van der Waals surface area contributed by atoms with Crippen molar-refractivity contribution in [2.24, 2.45) is 0 Å². The van der Waals surface area contributed by atoms with Gasteiger partial charge in [-0.3, -0.25) is 4.79 Å². The van der Waals surface area contributed by atoms with E-state index < -0.39 is 0 Å². The van der Waals surface area contributed by atoms with Gasteiger partial charge in [0.25, 0.3) is 5.91 Å². The first-order valence-electron chi connectivity index (χ1n) is 7.98. The van der Waals surface area contributed by atoms with Gasteiger partial charge in [-0.1, -0.05) is 0 Å². The van der Waals surface area contributed by atoms with Gasteiger partial charge in [0.1, 0.15) is 18.4 Å². The second-order valence-corrected chi connectivity index (χ2v) is 6.52. The van der Waals surface area contributed by atoms with Gasteiger partial charge in [-0.05, 0) is 68.7 Å². The zero-order valence-corrected chi connectivity index (χ0v) is 14.1. The highest BCUT2D eigenvalue weighted by Gasteiger charge is 2.28. The third kappa shape index (κ3) is 3.55. The molecule has 5 heteroatoms. The Hall–Kier alpha value is -1.26. The number of benzene rings is 1. The zero-order valence-electron chi connectivity index (χ0n) is 13.4. The molecule has 22 heavy (non-hydrogen) atoms. The molecule has 0 aliphatic heterocycles. The normalized spacial score (nSPS) is 17.4. The van der Waals surface area contributed by atoms with E-state index in [0.717, 1.165) is 43.4 Å². The number of hydrogen-bond acceptors (Lipinski definition) is 2. The maximum Gasteiger partial charge on any atom is 0.251 e. The molecule has 4 N–H and O–H groups in total. The van der Waals surface area contributed by atoms with Crippen molar-refractivity contribution in [2.75, 3.05) is 6.61 Å². The highest BCUT2D eigenvalue weighted by molar-refractivity contribution is 5.97. The van der Waals surface area contributed by atoms with Crippen LogP contribution in [0.15, 0.2) is 6.07 Å². The molecule has 122 valence electrons. The summed E-state index contributed by atoms with van der Waals surface area (Å²) in [5.74, 6) is 0.926. The Balaban J connectivity index is 0.00000176. The molecule has 0 saturated heterocycles. The summed E-state index contributed by atoms with van der Waals surface area (Å²) in [7, 11) is 0. The number of rotatable bonds is 5. The van der Waals surface area contributed by atoms with E-state index in [4.69, 9.17) is 4.74 Å². The average molecular weight is 325 g/mol. The highest BCUT2D eigenvalue weighted by atomic mass is 35.5. The number of amides is 1. The van der Waals surface area contributed by atoms with E-state index in [1.54, 1.807) is 0 Å². The summed E-state index contributed by atoms with van der Waals surface area (Å²) in [6.45, 7) is 4.72. The van der Waals surface area contributed by atoms with Crippen molar-refractivity contribution in [3.8, 4) is 5.75 Å². The Bertz CT molecular complexity index is 568. The van der Waals surface area contributed by atoms with E-state index in [0.29, 0.717) is 12.6 Å². The van der Waals surface area contributed by atoms with Gasteiger partial charge in [-0.2, -0.15) is 0 Å². The molecule has 2 aliphatic carbocycles. The quantitative estimate of drug-likeness (QED) is 0.684. The minimum atomic E-state index is 0. The number of carbonyl (C=O) groups is 1. The van der Waals surface area contributed by atoms with E-state index >= 15 is 0 Å².